The smallest absolute Gasteiger partial charge is 0.207 e. The Morgan fingerprint density at radius 3 is 2.84 bits per heavy atom. The summed E-state index contributed by atoms with van der Waals surface area (Å²) in [4.78, 5) is 4.56. The van der Waals surface area contributed by atoms with Gasteiger partial charge in [-0.1, -0.05) is 13.8 Å². The number of nitriles is 1. The zero-order valence-electron chi connectivity index (χ0n) is 15.0. The van der Waals surface area contributed by atoms with Crippen LogP contribution in [0.15, 0.2) is 15.1 Å². The van der Waals surface area contributed by atoms with Crippen molar-refractivity contribution >= 4 is 32.7 Å². The van der Waals surface area contributed by atoms with Crippen molar-refractivity contribution in [1.29, 1.82) is 5.26 Å². The number of aromatic nitrogens is 1. The van der Waals surface area contributed by atoms with E-state index in [1.807, 2.05) is 6.92 Å². The van der Waals surface area contributed by atoms with Gasteiger partial charge in [0.25, 0.3) is 0 Å². The molecule has 2 atom stereocenters. The molecule has 2 aromatic rings. The first-order valence-electron chi connectivity index (χ1n) is 9.13. The molecule has 1 N–H and O–H groups in total. The lowest BCUT2D eigenvalue weighted by atomic mass is 9.56. The minimum absolute atomic E-state index is 0.364. The van der Waals surface area contributed by atoms with Crippen LogP contribution in [0, 0.1) is 35.5 Å². The molecule has 0 aliphatic heterocycles. The molecule has 2 heterocycles. The van der Waals surface area contributed by atoms with Crippen LogP contribution >= 0.6 is 15.9 Å². The standard InChI is InChI=1S/C20H24BrN3O/c1-11-4-14(5-13-7-20(3,6-11)8-13)24-19-18(21)17-12(2)15(9-22)25-16(17)10-23-19/h10-11,13-14H,4-8H2,1-3H3,(H,23,24). The van der Waals surface area contributed by atoms with Gasteiger partial charge in [-0.3, -0.25) is 0 Å². The number of halogens is 1. The lowest BCUT2D eigenvalue weighted by Gasteiger charge is -2.50. The number of pyridine rings is 1. The summed E-state index contributed by atoms with van der Waals surface area (Å²) in [6, 6.07) is 2.57. The topological polar surface area (TPSA) is 61.9 Å². The van der Waals surface area contributed by atoms with Crippen molar-refractivity contribution in [2.45, 2.75) is 58.9 Å². The van der Waals surface area contributed by atoms with Crippen LogP contribution in [0.25, 0.3) is 11.0 Å². The molecule has 132 valence electrons. The van der Waals surface area contributed by atoms with E-state index in [9.17, 15) is 5.26 Å². The summed E-state index contributed by atoms with van der Waals surface area (Å²) in [5.74, 6) is 2.80. The molecule has 25 heavy (non-hydrogen) atoms. The number of aryl methyl sites for hydroxylation is 1. The molecule has 0 radical (unpaired) electrons. The van der Waals surface area contributed by atoms with E-state index in [1.165, 1.54) is 32.1 Å². The monoisotopic (exact) mass is 401 g/mol. The fraction of sp³-hybridized carbons (Fsp3) is 0.600. The summed E-state index contributed by atoms with van der Waals surface area (Å²) >= 11 is 3.69. The molecule has 3 aliphatic rings. The molecule has 5 rings (SSSR count). The van der Waals surface area contributed by atoms with Crippen LogP contribution in [0.2, 0.25) is 0 Å². The SMILES string of the molecule is Cc1c(C#N)oc2cnc(NC3CC(C)CC4(C)CC(C3)C4)c(Br)c12. The Morgan fingerprint density at radius 2 is 2.12 bits per heavy atom. The van der Waals surface area contributed by atoms with E-state index in [0.29, 0.717) is 22.8 Å². The van der Waals surface area contributed by atoms with Gasteiger partial charge >= 0.3 is 0 Å². The second kappa shape index (κ2) is 6.02. The van der Waals surface area contributed by atoms with Gasteiger partial charge in [-0.05, 0) is 72.2 Å². The molecule has 0 saturated heterocycles. The molecular formula is C20H24BrN3O. The summed E-state index contributed by atoms with van der Waals surface area (Å²) in [6.07, 6.45) is 8.21. The molecule has 2 unspecified atom stereocenters. The quantitative estimate of drug-likeness (QED) is 0.691. The predicted octanol–water partition coefficient (Wildman–Crippen LogP) is 5.79. The summed E-state index contributed by atoms with van der Waals surface area (Å²) in [5.41, 5.74) is 2.12. The third-order valence-corrected chi connectivity index (χ3v) is 6.84. The molecule has 3 fully saturated rings. The molecular weight excluding hydrogens is 378 g/mol. The zero-order chi connectivity index (χ0) is 17.8. The van der Waals surface area contributed by atoms with Crippen molar-refractivity contribution < 1.29 is 4.42 Å². The Balaban J connectivity index is 1.61. The number of hydrogen-bond acceptors (Lipinski definition) is 4. The molecule has 0 amide bonds. The first-order chi connectivity index (χ1) is 11.9. The Bertz CT molecular complexity index is 858. The number of rotatable bonds is 2. The van der Waals surface area contributed by atoms with Crippen LogP contribution in [0.1, 0.15) is 57.3 Å². The number of fused-ring (bicyclic) bond motifs is 5. The number of furan rings is 1. The van der Waals surface area contributed by atoms with E-state index in [2.05, 4.69) is 46.1 Å². The normalized spacial score (nSPS) is 31.7. The lowest BCUT2D eigenvalue weighted by Crippen LogP contribution is -2.42. The third-order valence-electron chi connectivity index (χ3n) is 6.06. The van der Waals surface area contributed by atoms with Crippen LogP contribution in [-0.4, -0.2) is 11.0 Å². The summed E-state index contributed by atoms with van der Waals surface area (Å²) < 4.78 is 6.48. The zero-order valence-corrected chi connectivity index (χ0v) is 16.6. The second-order valence-corrected chi connectivity index (χ2v) is 9.33. The predicted molar refractivity (Wildman–Crippen MR) is 102 cm³/mol. The van der Waals surface area contributed by atoms with E-state index in [-0.39, 0.29) is 0 Å². The van der Waals surface area contributed by atoms with Gasteiger partial charge in [0.2, 0.25) is 5.76 Å². The summed E-state index contributed by atoms with van der Waals surface area (Å²) in [6.45, 7) is 6.75. The number of nitrogens with one attached hydrogen (secondary N) is 1. The van der Waals surface area contributed by atoms with Gasteiger partial charge in [-0.2, -0.15) is 5.26 Å². The number of anilines is 1. The Kier molecular flexibility index (Phi) is 4.07. The van der Waals surface area contributed by atoms with E-state index in [0.717, 1.165) is 33.1 Å². The first kappa shape index (κ1) is 16.9. The van der Waals surface area contributed by atoms with E-state index in [1.54, 1.807) is 6.20 Å². The fourth-order valence-corrected chi connectivity index (χ4v) is 6.00. The highest BCUT2D eigenvalue weighted by molar-refractivity contribution is 9.10. The molecule has 2 aromatic heterocycles. The molecule has 4 nitrogen and oxygen atoms in total. The highest BCUT2D eigenvalue weighted by atomic mass is 79.9. The van der Waals surface area contributed by atoms with Gasteiger partial charge in [0.15, 0.2) is 5.58 Å². The maximum atomic E-state index is 9.19. The summed E-state index contributed by atoms with van der Waals surface area (Å²) in [7, 11) is 0. The van der Waals surface area contributed by atoms with Gasteiger partial charge in [-0.15, -0.1) is 0 Å². The third kappa shape index (κ3) is 2.95. The van der Waals surface area contributed by atoms with E-state index in [4.69, 9.17) is 4.42 Å². The van der Waals surface area contributed by atoms with Gasteiger partial charge in [-0.25, -0.2) is 4.98 Å². The average Bonchev–Trinajstić information content (AvgIpc) is 2.83. The second-order valence-electron chi connectivity index (χ2n) is 8.53. The van der Waals surface area contributed by atoms with Gasteiger partial charge < -0.3 is 9.73 Å². The van der Waals surface area contributed by atoms with Gasteiger partial charge in [0, 0.05) is 17.0 Å². The van der Waals surface area contributed by atoms with Crippen molar-refractivity contribution in [2.75, 3.05) is 5.32 Å². The van der Waals surface area contributed by atoms with Crippen LogP contribution < -0.4 is 5.32 Å². The maximum absolute atomic E-state index is 9.19. The van der Waals surface area contributed by atoms with Crippen molar-refractivity contribution in [2.24, 2.45) is 17.3 Å². The molecule has 2 bridgehead atoms. The minimum atomic E-state index is 0.364. The van der Waals surface area contributed by atoms with Crippen molar-refractivity contribution in [1.82, 2.24) is 4.98 Å². The highest BCUT2D eigenvalue weighted by Gasteiger charge is 2.43. The van der Waals surface area contributed by atoms with Crippen LogP contribution in [0.3, 0.4) is 0 Å². The lowest BCUT2D eigenvalue weighted by molar-refractivity contribution is 0.0217. The fourth-order valence-electron chi connectivity index (χ4n) is 5.29. The Labute approximate surface area is 157 Å². The van der Waals surface area contributed by atoms with Crippen molar-refractivity contribution in [3.8, 4) is 6.07 Å². The molecule has 0 aromatic carbocycles. The molecule has 5 heteroatoms. The van der Waals surface area contributed by atoms with Crippen molar-refractivity contribution in [3.63, 3.8) is 0 Å². The Hall–Kier alpha value is -1.54. The molecule has 3 aliphatic carbocycles. The van der Waals surface area contributed by atoms with Crippen LogP contribution in [0.4, 0.5) is 5.82 Å². The molecule has 3 saturated carbocycles. The van der Waals surface area contributed by atoms with E-state index < -0.39 is 0 Å². The van der Waals surface area contributed by atoms with Crippen LogP contribution in [-0.2, 0) is 0 Å². The number of hydrogen-bond donors (Lipinski definition) is 1. The highest BCUT2D eigenvalue weighted by Crippen LogP contribution is 2.53. The van der Waals surface area contributed by atoms with Crippen LogP contribution in [0.5, 0.6) is 0 Å². The summed E-state index contributed by atoms with van der Waals surface area (Å²) in [5, 5.41) is 13.8. The number of nitrogens with zero attached hydrogens (tertiary/aromatic N) is 2. The van der Waals surface area contributed by atoms with E-state index >= 15 is 0 Å². The largest absolute Gasteiger partial charge is 0.444 e. The van der Waals surface area contributed by atoms with Gasteiger partial charge in [0.1, 0.15) is 11.9 Å². The maximum Gasteiger partial charge on any atom is 0.207 e. The average molecular weight is 402 g/mol. The molecule has 0 spiro atoms. The van der Waals surface area contributed by atoms with Gasteiger partial charge in [0.05, 0.1) is 10.7 Å². The first-order valence-corrected chi connectivity index (χ1v) is 9.92. The van der Waals surface area contributed by atoms with Crippen molar-refractivity contribution in [3.05, 3.63) is 22.0 Å². The Morgan fingerprint density at radius 1 is 1.36 bits per heavy atom. The minimum Gasteiger partial charge on any atom is -0.444 e.